The van der Waals surface area contributed by atoms with Crippen molar-refractivity contribution in [3.05, 3.63) is 47.7 Å². The van der Waals surface area contributed by atoms with Crippen LogP contribution in [0.15, 0.2) is 36.5 Å². The van der Waals surface area contributed by atoms with Crippen LogP contribution in [0.5, 0.6) is 11.6 Å². The first kappa shape index (κ1) is 12.4. The highest BCUT2D eigenvalue weighted by molar-refractivity contribution is 5.46. The summed E-state index contributed by atoms with van der Waals surface area (Å²) < 4.78 is 5.84. The lowest BCUT2D eigenvalue weighted by Crippen LogP contribution is -1.97. The van der Waals surface area contributed by atoms with Gasteiger partial charge in [0.1, 0.15) is 5.75 Å². The molecule has 0 amide bonds. The van der Waals surface area contributed by atoms with Gasteiger partial charge >= 0.3 is 0 Å². The van der Waals surface area contributed by atoms with E-state index in [0.29, 0.717) is 17.5 Å². The zero-order valence-electron chi connectivity index (χ0n) is 11.0. The van der Waals surface area contributed by atoms with Gasteiger partial charge in [-0.3, -0.25) is 0 Å². The normalized spacial score (nSPS) is 10.7. The third-order valence-electron chi connectivity index (χ3n) is 2.88. The van der Waals surface area contributed by atoms with Crippen LogP contribution in [0.3, 0.4) is 0 Å². The molecule has 1 aromatic carbocycles. The Morgan fingerprint density at radius 1 is 1.22 bits per heavy atom. The molecule has 2 rings (SSSR count). The van der Waals surface area contributed by atoms with E-state index in [0.717, 1.165) is 11.3 Å². The Morgan fingerprint density at radius 2 is 1.94 bits per heavy atom. The van der Waals surface area contributed by atoms with E-state index in [1.165, 1.54) is 5.56 Å². The molecule has 0 bridgehead atoms. The van der Waals surface area contributed by atoms with Gasteiger partial charge in [-0.1, -0.05) is 32.0 Å². The molecule has 94 valence electrons. The van der Waals surface area contributed by atoms with Crippen molar-refractivity contribution in [2.24, 2.45) is 0 Å². The summed E-state index contributed by atoms with van der Waals surface area (Å²) in [7, 11) is 0. The minimum absolute atomic E-state index is 0.413. The molecule has 0 spiro atoms. The van der Waals surface area contributed by atoms with Gasteiger partial charge in [0, 0.05) is 6.07 Å². The average Bonchev–Trinajstić information content (AvgIpc) is 2.34. The largest absolute Gasteiger partial charge is 0.439 e. The molecule has 0 saturated heterocycles. The van der Waals surface area contributed by atoms with Crippen LogP contribution in [0.4, 0.5) is 5.69 Å². The molecule has 0 atom stereocenters. The fourth-order valence-electron chi connectivity index (χ4n) is 1.76. The quantitative estimate of drug-likeness (QED) is 0.888. The number of nitrogen functional groups attached to an aromatic ring is 1. The molecular formula is C15H18N2O. The van der Waals surface area contributed by atoms with E-state index < -0.39 is 0 Å². The van der Waals surface area contributed by atoms with Gasteiger partial charge < -0.3 is 10.5 Å². The fraction of sp³-hybridized carbons (Fsp3) is 0.267. The minimum Gasteiger partial charge on any atom is -0.439 e. The molecule has 3 nitrogen and oxygen atoms in total. The van der Waals surface area contributed by atoms with Crippen molar-refractivity contribution in [1.82, 2.24) is 4.98 Å². The van der Waals surface area contributed by atoms with Gasteiger partial charge in [0.2, 0.25) is 5.88 Å². The van der Waals surface area contributed by atoms with Gasteiger partial charge in [0.05, 0.1) is 11.9 Å². The summed E-state index contributed by atoms with van der Waals surface area (Å²) >= 11 is 0. The van der Waals surface area contributed by atoms with E-state index in [2.05, 4.69) is 24.9 Å². The van der Waals surface area contributed by atoms with Crippen molar-refractivity contribution in [1.29, 1.82) is 0 Å². The molecule has 3 heteroatoms. The molecule has 18 heavy (non-hydrogen) atoms. The van der Waals surface area contributed by atoms with E-state index in [9.17, 15) is 0 Å². The summed E-state index contributed by atoms with van der Waals surface area (Å²) in [6.45, 7) is 6.23. The summed E-state index contributed by atoms with van der Waals surface area (Å²) in [5, 5.41) is 0. The van der Waals surface area contributed by atoms with Gasteiger partial charge in [-0.05, 0) is 30.0 Å². The number of aromatic nitrogens is 1. The van der Waals surface area contributed by atoms with E-state index in [1.807, 2.05) is 31.2 Å². The molecule has 0 aliphatic heterocycles. The van der Waals surface area contributed by atoms with Crippen molar-refractivity contribution in [3.8, 4) is 11.6 Å². The van der Waals surface area contributed by atoms with Gasteiger partial charge in [0.25, 0.3) is 0 Å². The van der Waals surface area contributed by atoms with Crippen LogP contribution in [0, 0.1) is 6.92 Å². The standard InChI is InChI=1S/C15H18N2O/c1-10(2)12-6-4-5-7-14(12)18-15-8-11(3)13(16)9-17-15/h4-10H,16H2,1-3H3. The number of para-hydroxylation sites is 1. The van der Waals surface area contributed by atoms with Crippen molar-refractivity contribution >= 4 is 5.69 Å². The molecule has 1 heterocycles. The van der Waals surface area contributed by atoms with Crippen LogP contribution in [0.2, 0.25) is 0 Å². The summed E-state index contributed by atoms with van der Waals surface area (Å²) in [4.78, 5) is 4.19. The molecule has 0 aliphatic rings. The molecule has 2 N–H and O–H groups in total. The van der Waals surface area contributed by atoms with Crippen molar-refractivity contribution in [2.45, 2.75) is 26.7 Å². The Morgan fingerprint density at radius 3 is 2.61 bits per heavy atom. The Bertz CT molecular complexity index is 550. The smallest absolute Gasteiger partial charge is 0.219 e. The third-order valence-corrected chi connectivity index (χ3v) is 2.88. The molecule has 0 aliphatic carbocycles. The molecular weight excluding hydrogens is 224 g/mol. The van der Waals surface area contributed by atoms with Gasteiger partial charge in [0.15, 0.2) is 0 Å². The van der Waals surface area contributed by atoms with Crippen molar-refractivity contribution < 1.29 is 4.74 Å². The second-order valence-corrected chi connectivity index (χ2v) is 4.67. The lowest BCUT2D eigenvalue weighted by Gasteiger charge is -2.13. The number of hydrogen-bond acceptors (Lipinski definition) is 3. The highest BCUT2D eigenvalue weighted by Crippen LogP contribution is 2.30. The Kier molecular flexibility index (Phi) is 3.51. The van der Waals surface area contributed by atoms with E-state index in [-0.39, 0.29) is 0 Å². The van der Waals surface area contributed by atoms with Crippen molar-refractivity contribution in [3.63, 3.8) is 0 Å². The molecule has 1 aromatic heterocycles. The van der Waals surface area contributed by atoms with Gasteiger partial charge in [-0.25, -0.2) is 4.98 Å². The number of anilines is 1. The molecule has 0 saturated carbocycles. The van der Waals surface area contributed by atoms with Crippen LogP contribution < -0.4 is 10.5 Å². The Labute approximate surface area is 108 Å². The summed E-state index contributed by atoms with van der Waals surface area (Å²) in [6, 6.07) is 9.87. The third kappa shape index (κ3) is 2.62. The fourth-order valence-corrected chi connectivity index (χ4v) is 1.76. The number of rotatable bonds is 3. The summed E-state index contributed by atoms with van der Waals surface area (Å²) in [5.74, 6) is 1.84. The maximum Gasteiger partial charge on any atom is 0.219 e. The van der Waals surface area contributed by atoms with Crippen molar-refractivity contribution in [2.75, 3.05) is 5.73 Å². The predicted molar refractivity (Wildman–Crippen MR) is 74.0 cm³/mol. The lowest BCUT2D eigenvalue weighted by molar-refractivity contribution is 0.454. The van der Waals surface area contributed by atoms with Crippen LogP contribution in [0.25, 0.3) is 0 Å². The van der Waals surface area contributed by atoms with E-state index in [4.69, 9.17) is 10.5 Å². The summed E-state index contributed by atoms with van der Waals surface area (Å²) in [5.41, 5.74) is 8.57. The number of ether oxygens (including phenoxy) is 1. The maximum absolute atomic E-state index is 5.84. The second-order valence-electron chi connectivity index (χ2n) is 4.67. The van der Waals surface area contributed by atoms with Crippen LogP contribution in [-0.4, -0.2) is 4.98 Å². The zero-order valence-corrected chi connectivity index (χ0v) is 11.0. The first-order chi connectivity index (χ1) is 8.58. The summed E-state index contributed by atoms with van der Waals surface area (Å²) in [6.07, 6.45) is 1.63. The topological polar surface area (TPSA) is 48.1 Å². The van der Waals surface area contributed by atoms with E-state index in [1.54, 1.807) is 6.20 Å². The van der Waals surface area contributed by atoms with Crippen LogP contribution in [0.1, 0.15) is 30.9 Å². The number of hydrogen-bond donors (Lipinski definition) is 1. The monoisotopic (exact) mass is 242 g/mol. The lowest BCUT2D eigenvalue weighted by atomic mass is 10.0. The number of nitrogens with two attached hydrogens (primary N) is 1. The highest BCUT2D eigenvalue weighted by atomic mass is 16.5. The first-order valence-corrected chi connectivity index (χ1v) is 6.07. The predicted octanol–water partition coefficient (Wildman–Crippen LogP) is 3.89. The SMILES string of the molecule is Cc1cc(Oc2ccccc2C(C)C)ncc1N. The number of pyridine rings is 1. The average molecular weight is 242 g/mol. The minimum atomic E-state index is 0.413. The Hall–Kier alpha value is -2.03. The number of aryl methyl sites for hydroxylation is 1. The highest BCUT2D eigenvalue weighted by Gasteiger charge is 2.08. The molecule has 0 fully saturated rings. The first-order valence-electron chi connectivity index (χ1n) is 6.07. The second kappa shape index (κ2) is 5.08. The molecule has 0 unspecified atom stereocenters. The van der Waals surface area contributed by atoms with Crippen LogP contribution in [-0.2, 0) is 0 Å². The zero-order chi connectivity index (χ0) is 13.1. The Balaban J connectivity index is 2.31. The van der Waals surface area contributed by atoms with Crippen LogP contribution >= 0.6 is 0 Å². The molecule has 0 radical (unpaired) electrons. The molecule has 2 aromatic rings. The number of nitrogens with zero attached hydrogens (tertiary/aromatic N) is 1. The maximum atomic E-state index is 5.84. The van der Waals surface area contributed by atoms with E-state index >= 15 is 0 Å². The van der Waals surface area contributed by atoms with Gasteiger partial charge in [-0.2, -0.15) is 0 Å². The number of benzene rings is 1. The van der Waals surface area contributed by atoms with Gasteiger partial charge in [-0.15, -0.1) is 0 Å².